The first kappa shape index (κ1) is 11.4. The summed E-state index contributed by atoms with van der Waals surface area (Å²) in [6.07, 6.45) is -3.06. The number of rotatable bonds is 2. The summed E-state index contributed by atoms with van der Waals surface area (Å²) in [6, 6.07) is -0.589. The first-order chi connectivity index (χ1) is 6.56. The van der Waals surface area contributed by atoms with E-state index in [0.717, 1.165) is 0 Å². The minimum atomic E-state index is -1.15. The number of methoxy groups -OCH3 is 1. The van der Waals surface area contributed by atoms with E-state index < -0.39 is 24.5 Å². The molecule has 1 amide bonds. The summed E-state index contributed by atoms with van der Waals surface area (Å²) in [5, 5.41) is 21.5. The molecule has 1 heterocycles. The van der Waals surface area contributed by atoms with E-state index in [-0.39, 0.29) is 12.5 Å². The van der Waals surface area contributed by atoms with Crippen LogP contribution in [0.15, 0.2) is 0 Å². The van der Waals surface area contributed by atoms with Gasteiger partial charge in [-0.15, -0.1) is 0 Å². The maximum Gasteiger partial charge on any atom is 0.217 e. The van der Waals surface area contributed by atoms with Gasteiger partial charge < -0.3 is 25.0 Å². The summed E-state index contributed by atoms with van der Waals surface area (Å²) < 4.78 is 9.86. The zero-order valence-electron chi connectivity index (χ0n) is 8.14. The lowest BCUT2D eigenvalue weighted by Crippen LogP contribution is -2.59. The third-order valence-corrected chi connectivity index (χ3v) is 2.10. The van der Waals surface area contributed by atoms with Crippen LogP contribution in [0.1, 0.15) is 6.92 Å². The number of aliphatic hydroxyl groups excluding tert-OH is 2. The Labute approximate surface area is 81.8 Å². The summed E-state index contributed by atoms with van der Waals surface area (Å²) in [4.78, 5) is 10.7. The Morgan fingerprint density at radius 2 is 2.14 bits per heavy atom. The summed E-state index contributed by atoms with van der Waals surface area (Å²) in [5.74, 6) is -0.277. The summed E-state index contributed by atoms with van der Waals surface area (Å²) in [5.41, 5.74) is 0. The van der Waals surface area contributed by atoms with Gasteiger partial charge in [0.1, 0.15) is 12.2 Å². The van der Waals surface area contributed by atoms with Gasteiger partial charge in [-0.2, -0.15) is 0 Å². The highest BCUT2D eigenvalue weighted by Gasteiger charge is 2.38. The van der Waals surface area contributed by atoms with E-state index in [0.29, 0.717) is 0 Å². The normalized spacial score (nSPS) is 38.0. The first-order valence-corrected chi connectivity index (χ1v) is 4.34. The molecule has 0 unspecified atom stereocenters. The summed E-state index contributed by atoms with van der Waals surface area (Å²) in [6.45, 7) is 1.46. The van der Waals surface area contributed by atoms with Gasteiger partial charge in [0, 0.05) is 14.0 Å². The number of aliphatic hydroxyl groups is 2. The van der Waals surface area contributed by atoms with Gasteiger partial charge >= 0.3 is 0 Å². The first-order valence-electron chi connectivity index (χ1n) is 4.34. The van der Waals surface area contributed by atoms with Crippen molar-refractivity contribution in [2.45, 2.75) is 31.5 Å². The second kappa shape index (κ2) is 4.70. The Bertz CT molecular complexity index is 210. The highest BCUT2D eigenvalue weighted by molar-refractivity contribution is 5.73. The molecule has 82 valence electrons. The van der Waals surface area contributed by atoms with E-state index in [9.17, 15) is 15.0 Å². The monoisotopic (exact) mass is 205 g/mol. The smallest absolute Gasteiger partial charge is 0.217 e. The van der Waals surface area contributed by atoms with E-state index in [1.165, 1.54) is 14.0 Å². The molecule has 0 bridgehead atoms. The summed E-state index contributed by atoms with van der Waals surface area (Å²) in [7, 11) is 1.37. The SMILES string of the molecule is CO[C@@H]1OC[C@H](NC(C)=O)[C@@H](O)[C@H]1O. The van der Waals surface area contributed by atoms with E-state index in [2.05, 4.69) is 5.32 Å². The highest BCUT2D eigenvalue weighted by Crippen LogP contribution is 2.15. The van der Waals surface area contributed by atoms with Gasteiger partial charge in [-0.25, -0.2) is 0 Å². The number of amides is 1. The van der Waals surface area contributed by atoms with Crippen molar-refractivity contribution in [1.82, 2.24) is 5.32 Å². The van der Waals surface area contributed by atoms with Crippen molar-refractivity contribution < 1.29 is 24.5 Å². The van der Waals surface area contributed by atoms with Crippen molar-refractivity contribution in [2.75, 3.05) is 13.7 Å². The van der Waals surface area contributed by atoms with Crippen LogP contribution in [0.3, 0.4) is 0 Å². The molecular weight excluding hydrogens is 190 g/mol. The highest BCUT2D eigenvalue weighted by atomic mass is 16.7. The van der Waals surface area contributed by atoms with Crippen LogP contribution in [0.2, 0.25) is 0 Å². The molecule has 0 aromatic carbocycles. The van der Waals surface area contributed by atoms with Crippen molar-refractivity contribution in [3.05, 3.63) is 0 Å². The van der Waals surface area contributed by atoms with Gasteiger partial charge in [0.15, 0.2) is 6.29 Å². The van der Waals surface area contributed by atoms with Crippen LogP contribution in [-0.2, 0) is 14.3 Å². The Morgan fingerprint density at radius 1 is 1.50 bits per heavy atom. The molecule has 1 rings (SSSR count). The molecule has 0 aliphatic carbocycles. The molecule has 1 aliphatic heterocycles. The van der Waals surface area contributed by atoms with Crippen LogP contribution >= 0.6 is 0 Å². The molecule has 6 heteroatoms. The molecule has 0 saturated carbocycles. The number of ether oxygens (including phenoxy) is 2. The molecule has 14 heavy (non-hydrogen) atoms. The van der Waals surface area contributed by atoms with Crippen LogP contribution in [0.25, 0.3) is 0 Å². The van der Waals surface area contributed by atoms with Gasteiger partial charge in [-0.1, -0.05) is 0 Å². The van der Waals surface area contributed by atoms with Gasteiger partial charge in [-0.3, -0.25) is 4.79 Å². The molecule has 0 aromatic rings. The van der Waals surface area contributed by atoms with Crippen LogP contribution in [0.5, 0.6) is 0 Å². The van der Waals surface area contributed by atoms with Crippen LogP contribution in [0, 0.1) is 0 Å². The quantitative estimate of drug-likeness (QED) is 0.496. The van der Waals surface area contributed by atoms with Crippen molar-refractivity contribution >= 4 is 5.91 Å². The van der Waals surface area contributed by atoms with E-state index in [4.69, 9.17) is 9.47 Å². The lowest BCUT2D eigenvalue weighted by molar-refractivity contribution is -0.240. The zero-order valence-corrected chi connectivity index (χ0v) is 8.14. The van der Waals surface area contributed by atoms with Gasteiger partial charge in [0.25, 0.3) is 0 Å². The fourth-order valence-corrected chi connectivity index (χ4v) is 1.39. The van der Waals surface area contributed by atoms with Crippen LogP contribution in [0.4, 0.5) is 0 Å². The Morgan fingerprint density at radius 3 is 2.64 bits per heavy atom. The lowest BCUT2D eigenvalue weighted by Gasteiger charge is -2.36. The van der Waals surface area contributed by atoms with Crippen LogP contribution < -0.4 is 5.32 Å². The Balaban J connectivity index is 2.54. The maximum absolute atomic E-state index is 10.7. The Kier molecular flexibility index (Phi) is 3.82. The third-order valence-electron chi connectivity index (χ3n) is 2.10. The fraction of sp³-hybridized carbons (Fsp3) is 0.875. The standard InChI is InChI=1S/C8H15NO5/c1-4(10)9-5-3-14-8(13-2)7(12)6(5)11/h5-8,11-12H,3H2,1-2H3,(H,9,10)/t5-,6+,7+,8+/m0/s1. The minimum Gasteiger partial charge on any atom is -0.388 e. The average molecular weight is 205 g/mol. The molecule has 0 aromatic heterocycles. The molecule has 1 aliphatic rings. The van der Waals surface area contributed by atoms with Crippen molar-refractivity contribution in [2.24, 2.45) is 0 Å². The molecule has 3 N–H and O–H groups in total. The maximum atomic E-state index is 10.7. The number of carbonyl (C=O) groups excluding carboxylic acids is 1. The fourth-order valence-electron chi connectivity index (χ4n) is 1.39. The molecule has 1 fully saturated rings. The van der Waals surface area contributed by atoms with Gasteiger partial charge in [0.05, 0.1) is 12.6 Å². The number of hydrogen-bond donors (Lipinski definition) is 3. The summed E-state index contributed by atoms with van der Waals surface area (Å²) >= 11 is 0. The average Bonchev–Trinajstić information content (AvgIpc) is 2.13. The molecule has 1 saturated heterocycles. The number of hydrogen-bond acceptors (Lipinski definition) is 5. The third kappa shape index (κ3) is 2.42. The predicted molar refractivity (Wildman–Crippen MR) is 46.4 cm³/mol. The molecule has 0 radical (unpaired) electrons. The largest absolute Gasteiger partial charge is 0.388 e. The van der Waals surface area contributed by atoms with Gasteiger partial charge in [0.2, 0.25) is 5.91 Å². The number of carbonyl (C=O) groups is 1. The van der Waals surface area contributed by atoms with E-state index >= 15 is 0 Å². The van der Waals surface area contributed by atoms with Crippen molar-refractivity contribution in [3.63, 3.8) is 0 Å². The molecular formula is C8H15NO5. The lowest BCUT2D eigenvalue weighted by atomic mass is 10.0. The predicted octanol–water partition coefficient (Wildman–Crippen LogP) is -1.78. The topological polar surface area (TPSA) is 88.0 Å². The zero-order chi connectivity index (χ0) is 10.7. The van der Waals surface area contributed by atoms with Crippen LogP contribution in [-0.4, -0.2) is 54.4 Å². The van der Waals surface area contributed by atoms with E-state index in [1.807, 2.05) is 0 Å². The molecule has 4 atom stereocenters. The minimum absolute atomic E-state index is 0.121. The second-order valence-corrected chi connectivity index (χ2v) is 3.23. The molecule has 6 nitrogen and oxygen atoms in total. The van der Waals surface area contributed by atoms with Crippen molar-refractivity contribution in [3.8, 4) is 0 Å². The van der Waals surface area contributed by atoms with Crippen molar-refractivity contribution in [1.29, 1.82) is 0 Å². The number of nitrogens with one attached hydrogen (secondary N) is 1. The second-order valence-electron chi connectivity index (χ2n) is 3.23. The Hall–Kier alpha value is -0.690. The van der Waals surface area contributed by atoms with Gasteiger partial charge in [-0.05, 0) is 0 Å². The van der Waals surface area contributed by atoms with E-state index in [1.54, 1.807) is 0 Å². The molecule has 0 spiro atoms.